The molecular formula is C12H27O2PS2. The molecule has 0 rings (SSSR count). The van der Waals surface area contributed by atoms with Crippen molar-refractivity contribution in [2.24, 2.45) is 0 Å². The summed E-state index contributed by atoms with van der Waals surface area (Å²) < 4.78 is 5.36. The van der Waals surface area contributed by atoms with E-state index in [1.807, 2.05) is 0 Å². The van der Waals surface area contributed by atoms with Gasteiger partial charge in [0.1, 0.15) is 0 Å². The highest BCUT2D eigenvalue weighted by Gasteiger charge is 2.13. The van der Waals surface area contributed by atoms with Crippen LogP contribution in [0.3, 0.4) is 0 Å². The van der Waals surface area contributed by atoms with Crippen LogP contribution in [0.15, 0.2) is 0 Å². The standard InChI is InChI=1S/C12H27O2PS2/c1-3-5-7-8-9-10-12-17-15(13,16)14-11-6-4-2/h3-12H2,1-2H3,(H,13,16). The molecule has 0 amide bonds. The van der Waals surface area contributed by atoms with Crippen LogP contribution in [0.2, 0.25) is 0 Å². The van der Waals surface area contributed by atoms with E-state index in [0.717, 1.165) is 25.0 Å². The van der Waals surface area contributed by atoms with Crippen molar-refractivity contribution in [1.82, 2.24) is 0 Å². The molecule has 0 saturated carbocycles. The van der Waals surface area contributed by atoms with Crippen LogP contribution in [0.25, 0.3) is 0 Å². The summed E-state index contributed by atoms with van der Waals surface area (Å²) in [6.07, 6.45) is 9.72. The molecule has 0 aliphatic rings. The fraction of sp³-hybridized carbons (Fsp3) is 1.00. The Bertz CT molecular complexity index is 213. The SMILES string of the molecule is CCCCCCCCSP(O)(=S)OCCCC. The van der Waals surface area contributed by atoms with Crippen molar-refractivity contribution < 1.29 is 9.42 Å². The Kier molecular flexibility index (Phi) is 12.6. The number of rotatable bonds is 12. The summed E-state index contributed by atoms with van der Waals surface area (Å²) in [6.45, 7) is 4.94. The van der Waals surface area contributed by atoms with Gasteiger partial charge in [-0.2, -0.15) is 0 Å². The van der Waals surface area contributed by atoms with Crippen molar-refractivity contribution in [2.75, 3.05) is 12.4 Å². The Hall–Kier alpha value is 0.920. The Morgan fingerprint density at radius 3 is 2.24 bits per heavy atom. The maximum absolute atomic E-state index is 9.85. The Morgan fingerprint density at radius 1 is 1.00 bits per heavy atom. The zero-order chi connectivity index (χ0) is 13.0. The van der Waals surface area contributed by atoms with Gasteiger partial charge in [0.15, 0.2) is 0 Å². The third kappa shape index (κ3) is 13.2. The van der Waals surface area contributed by atoms with Gasteiger partial charge in [0.05, 0.1) is 6.61 Å². The molecule has 0 radical (unpaired) electrons. The van der Waals surface area contributed by atoms with E-state index in [-0.39, 0.29) is 0 Å². The number of hydrogen-bond acceptors (Lipinski definition) is 3. The molecule has 0 aromatic heterocycles. The minimum atomic E-state index is -2.53. The van der Waals surface area contributed by atoms with E-state index in [2.05, 4.69) is 13.8 Å². The molecule has 0 aliphatic heterocycles. The molecule has 2 nitrogen and oxygen atoms in total. The maximum atomic E-state index is 9.85. The fourth-order valence-corrected chi connectivity index (χ4v) is 4.84. The first-order chi connectivity index (χ1) is 8.12. The predicted octanol–water partition coefficient (Wildman–Crippen LogP) is 5.11. The highest BCUT2D eigenvalue weighted by Crippen LogP contribution is 2.56. The first-order valence-corrected chi connectivity index (χ1v) is 11.0. The molecule has 1 N–H and O–H groups in total. The van der Waals surface area contributed by atoms with Gasteiger partial charge in [-0.1, -0.05) is 63.8 Å². The van der Waals surface area contributed by atoms with Gasteiger partial charge in [-0.25, -0.2) is 0 Å². The first-order valence-electron chi connectivity index (χ1n) is 6.74. The quantitative estimate of drug-likeness (QED) is 0.400. The van der Waals surface area contributed by atoms with Gasteiger partial charge in [0.2, 0.25) is 5.69 Å². The van der Waals surface area contributed by atoms with Gasteiger partial charge in [-0.3, -0.25) is 0 Å². The molecule has 0 fully saturated rings. The molecule has 0 aromatic rings. The molecule has 5 heteroatoms. The molecular weight excluding hydrogens is 271 g/mol. The summed E-state index contributed by atoms with van der Waals surface area (Å²) in [5.74, 6) is 0.937. The third-order valence-electron chi connectivity index (χ3n) is 2.50. The molecule has 1 atom stereocenters. The lowest BCUT2D eigenvalue weighted by atomic mass is 10.1. The van der Waals surface area contributed by atoms with E-state index in [1.54, 1.807) is 0 Å². The molecule has 0 spiro atoms. The molecule has 0 aliphatic carbocycles. The van der Waals surface area contributed by atoms with E-state index in [4.69, 9.17) is 16.3 Å². The summed E-state index contributed by atoms with van der Waals surface area (Å²) in [7, 11) is 0. The molecule has 0 heterocycles. The fourth-order valence-electron chi connectivity index (χ4n) is 1.42. The smallest absolute Gasteiger partial charge is 0.244 e. The monoisotopic (exact) mass is 298 g/mol. The van der Waals surface area contributed by atoms with Crippen LogP contribution in [-0.2, 0) is 16.3 Å². The normalized spacial score (nSPS) is 14.8. The summed E-state index contributed by atoms with van der Waals surface area (Å²) in [4.78, 5) is 9.85. The molecule has 1 unspecified atom stereocenters. The van der Waals surface area contributed by atoms with Gasteiger partial charge in [-0.05, 0) is 24.6 Å². The number of unbranched alkanes of at least 4 members (excludes halogenated alkanes) is 6. The summed E-state index contributed by atoms with van der Waals surface area (Å²) in [5, 5.41) is 0. The second-order valence-electron chi connectivity index (χ2n) is 4.26. The molecule has 104 valence electrons. The average Bonchev–Trinajstić information content (AvgIpc) is 2.28. The lowest BCUT2D eigenvalue weighted by Gasteiger charge is -2.14. The van der Waals surface area contributed by atoms with Gasteiger partial charge >= 0.3 is 0 Å². The third-order valence-corrected chi connectivity index (χ3v) is 6.92. The lowest BCUT2D eigenvalue weighted by molar-refractivity contribution is 0.312. The first kappa shape index (κ1) is 17.9. The molecule has 0 aromatic carbocycles. The average molecular weight is 298 g/mol. The van der Waals surface area contributed by atoms with Gasteiger partial charge in [0.25, 0.3) is 0 Å². The van der Waals surface area contributed by atoms with E-state index >= 15 is 0 Å². The summed E-state index contributed by atoms with van der Waals surface area (Å²) in [6, 6.07) is 0. The van der Waals surface area contributed by atoms with Gasteiger partial charge in [0, 0.05) is 5.75 Å². The topological polar surface area (TPSA) is 29.5 Å². The summed E-state index contributed by atoms with van der Waals surface area (Å²) in [5.41, 5.74) is -2.53. The predicted molar refractivity (Wildman–Crippen MR) is 83.2 cm³/mol. The van der Waals surface area contributed by atoms with Crippen LogP contribution in [0, 0.1) is 0 Å². The van der Waals surface area contributed by atoms with Crippen LogP contribution in [-0.4, -0.2) is 17.3 Å². The zero-order valence-corrected chi connectivity index (χ0v) is 13.7. The van der Waals surface area contributed by atoms with Gasteiger partial charge < -0.3 is 9.42 Å². The van der Waals surface area contributed by atoms with Crippen molar-refractivity contribution >= 4 is 28.9 Å². The van der Waals surface area contributed by atoms with Gasteiger partial charge in [-0.15, -0.1) is 0 Å². The number of hydrogen-bond donors (Lipinski definition) is 1. The Morgan fingerprint density at radius 2 is 1.59 bits per heavy atom. The van der Waals surface area contributed by atoms with Crippen LogP contribution in [0.1, 0.15) is 65.2 Å². The van der Waals surface area contributed by atoms with Crippen molar-refractivity contribution in [3.8, 4) is 0 Å². The van der Waals surface area contributed by atoms with Crippen molar-refractivity contribution in [3.63, 3.8) is 0 Å². The lowest BCUT2D eigenvalue weighted by Crippen LogP contribution is -1.91. The van der Waals surface area contributed by atoms with Crippen molar-refractivity contribution in [3.05, 3.63) is 0 Å². The van der Waals surface area contributed by atoms with Crippen LogP contribution in [0.4, 0.5) is 0 Å². The zero-order valence-electron chi connectivity index (χ0n) is 11.2. The molecule has 0 bridgehead atoms. The minimum absolute atomic E-state index is 0.605. The highest BCUT2D eigenvalue weighted by atomic mass is 32.9. The summed E-state index contributed by atoms with van der Waals surface area (Å²) >= 11 is 6.54. The van der Waals surface area contributed by atoms with Crippen LogP contribution < -0.4 is 0 Å². The largest absolute Gasteiger partial charge is 0.337 e. The van der Waals surface area contributed by atoms with Crippen molar-refractivity contribution in [2.45, 2.75) is 65.2 Å². The van der Waals surface area contributed by atoms with E-state index in [9.17, 15) is 4.89 Å². The van der Waals surface area contributed by atoms with E-state index < -0.39 is 5.69 Å². The Labute approximate surface area is 116 Å². The van der Waals surface area contributed by atoms with E-state index in [0.29, 0.717) is 6.61 Å². The minimum Gasteiger partial charge on any atom is -0.337 e. The molecule has 17 heavy (non-hydrogen) atoms. The maximum Gasteiger partial charge on any atom is 0.244 e. The highest BCUT2D eigenvalue weighted by molar-refractivity contribution is 8.67. The van der Waals surface area contributed by atoms with Crippen molar-refractivity contribution in [1.29, 1.82) is 0 Å². The second kappa shape index (κ2) is 12.0. The Balaban J connectivity index is 3.36. The van der Waals surface area contributed by atoms with Crippen LogP contribution in [0.5, 0.6) is 0 Å². The van der Waals surface area contributed by atoms with E-state index in [1.165, 1.54) is 43.5 Å². The second-order valence-corrected chi connectivity index (χ2v) is 10.6. The molecule has 0 saturated heterocycles. The van der Waals surface area contributed by atoms with Crippen LogP contribution >= 0.6 is 17.1 Å².